The van der Waals surface area contributed by atoms with Crippen LogP contribution < -0.4 is 11.0 Å². The van der Waals surface area contributed by atoms with Gasteiger partial charge in [-0.05, 0) is 50.6 Å². The average molecular weight is 381 g/mol. The molecule has 3 aromatic rings. The van der Waals surface area contributed by atoms with Crippen molar-refractivity contribution in [1.82, 2.24) is 9.13 Å². The third-order valence-corrected chi connectivity index (χ3v) is 4.97. The average Bonchev–Trinajstić information content (AvgIpc) is 2.93. The largest absolute Gasteiger partial charge is 0.481 e. The number of carbonyl (C=O) groups is 2. The quantitative estimate of drug-likeness (QED) is 0.687. The van der Waals surface area contributed by atoms with E-state index < -0.39 is 11.4 Å². The van der Waals surface area contributed by atoms with Gasteiger partial charge in [-0.25, -0.2) is 4.79 Å². The van der Waals surface area contributed by atoms with Gasteiger partial charge in [0.05, 0.1) is 16.4 Å². The molecule has 3 rings (SSSR count). The number of hydrogen-bond donors (Lipinski definition) is 2. The Labute approximate surface area is 162 Å². The first-order chi connectivity index (χ1) is 13.3. The van der Waals surface area contributed by atoms with Gasteiger partial charge in [0.25, 0.3) is 0 Å². The zero-order valence-electron chi connectivity index (χ0n) is 16.1. The molecule has 0 aliphatic heterocycles. The summed E-state index contributed by atoms with van der Waals surface area (Å²) >= 11 is 0. The fourth-order valence-electron chi connectivity index (χ4n) is 3.17. The number of imidazole rings is 1. The fraction of sp³-hybridized carbons (Fsp3) is 0.286. The van der Waals surface area contributed by atoms with Gasteiger partial charge in [0.1, 0.15) is 6.54 Å². The molecule has 0 atom stereocenters. The van der Waals surface area contributed by atoms with E-state index in [0.29, 0.717) is 23.3 Å². The Hall–Kier alpha value is -3.35. The number of nitrogens with one attached hydrogen (secondary N) is 1. The Kier molecular flexibility index (Phi) is 5.09. The van der Waals surface area contributed by atoms with Crippen molar-refractivity contribution in [3.8, 4) is 0 Å². The first-order valence-corrected chi connectivity index (χ1v) is 9.07. The number of carbonyl (C=O) groups excluding carboxylic acids is 1. The molecule has 7 nitrogen and oxygen atoms in total. The summed E-state index contributed by atoms with van der Waals surface area (Å²) in [5, 5.41) is 12.1. The van der Waals surface area contributed by atoms with E-state index in [-0.39, 0.29) is 18.1 Å². The van der Waals surface area contributed by atoms with Crippen LogP contribution in [0.1, 0.15) is 26.3 Å². The second kappa shape index (κ2) is 7.34. The number of anilines is 1. The molecule has 0 fully saturated rings. The van der Waals surface area contributed by atoms with Gasteiger partial charge in [-0.15, -0.1) is 0 Å². The number of carboxylic acid groups (broad SMARTS) is 1. The molecule has 28 heavy (non-hydrogen) atoms. The Morgan fingerprint density at radius 3 is 2.11 bits per heavy atom. The number of carboxylic acids is 1. The molecule has 1 amide bonds. The molecule has 0 unspecified atom stereocenters. The monoisotopic (exact) mass is 381 g/mol. The molecule has 0 aliphatic carbocycles. The first-order valence-electron chi connectivity index (χ1n) is 9.07. The van der Waals surface area contributed by atoms with E-state index in [1.807, 2.05) is 31.2 Å². The second-order valence-electron chi connectivity index (χ2n) is 7.16. The number of amides is 1. The van der Waals surface area contributed by atoms with E-state index in [0.717, 1.165) is 5.52 Å². The molecule has 0 saturated heterocycles. The van der Waals surface area contributed by atoms with Crippen molar-refractivity contribution >= 4 is 28.6 Å². The maximum atomic E-state index is 12.6. The lowest BCUT2D eigenvalue weighted by atomic mass is 9.85. The normalized spacial score (nSPS) is 11.5. The third kappa shape index (κ3) is 3.43. The summed E-state index contributed by atoms with van der Waals surface area (Å²) in [6.07, 6.45) is 0. The summed E-state index contributed by atoms with van der Waals surface area (Å²) in [5.74, 6) is -1.25. The van der Waals surface area contributed by atoms with E-state index in [2.05, 4.69) is 5.32 Å². The highest BCUT2D eigenvalue weighted by Crippen LogP contribution is 2.24. The molecular formula is C21H23N3O4. The Morgan fingerprint density at radius 2 is 1.57 bits per heavy atom. The van der Waals surface area contributed by atoms with Gasteiger partial charge < -0.3 is 10.4 Å². The van der Waals surface area contributed by atoms with Gasteiger partial charge in [-0.2, -0.15) is 0 Å². The molecule has 146 valence electrons. The van der Waals surface area contributed by atoms with E-state index >= 15 is 0 Å². The van der Waals surface area contributed by atoms with Crippen molar-refractivity contribution < 1.29 is 14.7 Å². The predicted molar refractivity (Wildman–Crippen MR) is 108 cm³/mol. The summed E-state index contributed by atoms with van der Waals surface area (Å²) in [7, 11) is 0. The highest BCUT2D eigenvalue weighted by Gasteiger charge is 2.29. The number of rotatable bonds is 6. The maximum Gasteiger partial charge on any atom is 0.329 e. The molecule has 1 heterocycles. The zero-order chi connectivity index (χ0) is 20.5. The zero-order valence-corrected chi connectivity index (χ0v) is 16.1. The van der Waals surface area contributed by atoms with Crippen LogP contribution in [0.25, 0.3) is 11.0 Å². The highest BCUT2D eigenvalue weighted by atomic mass is 16.4. The number of hydrogen-bond acceptors (Lipinski definition) is 3. The van der Waals surface area contributed by atoms with Crippen LogP contribution in [-0.4, -0.2) is 26.1 Å². The number of para-hydroxylation sites is 2. The van der Waals surface area contributed by atoms with E-state index in [1.165, 1.54) is 4.57 Å². The topological polar surface area (TPSA) is 93.3 Å². The van der Waals surface area contributed by atoms with Crippen LogP contribution in [0.15, 0.2) is 53.3 Å². The second-order valence-corrected chi connectivity index (χ2v) is 7.16. The van der Waals surface area contributed by atoms with Crippen LogP contribution in [0.4, 0.5) is 5.69 Å². The first kappa shape index (κ1) is 19.4. The summed E-state index contributed by atoms with van der Waals surface area (Å²) in [4.78, 5) is 36.5. The lowest BCUT2D eigenvalue weighted by molar-refractivity contribution is -0.142. The molecule has 2 N–H and O–H groups in total. The Bertz CT molecular complexity index is 1090. The van der Waals surface area contributed by atoms with Crippen molar-refractivity contribution in [3.63, 3.8) is 0 Å². The van der Waals surface area contributed by atoms with Crippen molar-refractivity contribution in [2.75, 3.05) is 5.32 Å². The Morgan fingerprint density at radius 1 is 1.00 bits per heavy atom. The number of benzene rings is 2. The summed E-state index contributed by atoms with van der Waals surface area (Å²) < 4.78 is 3.08. The summed E-state index contributed by atoms with van der Waals surface area (Å²) in [6.45, 7) is 5.56. The van der Waals surface area contributed by atoms with Crippen LogP contribution in [-0.2, 0) is 28.1 Å². The molecule has 0 saturated carbocycles. The van der Waals surface area contributed by atoms with Gasteiger partial charge in [-0.3, -0.25) is 18.7 Å². The standard InChI is InChI=1S/C21H23N3O4/c1-4-23-16-7-5-6-8-17(16)24(20(23)28)13-18(25)22-15-11-9-14(10-12-15)21(2,3)19(26)27/h5-12H,4,13H2,1-3H3,(H,22,25)(H,26,27). The number of nitrogens with zero attached hydrogens (tertiary/aromatic N) is 2. The number of aromatic nitrogens is 2. The fourth-order valence-corrected chi connectivity index (χ4v) is 3.17. The molecule has 2 aromatic carbocycles. The van der Waals surface area contributed by atoms with Crippen LogP contribution >= 0.6 is 0 Å². The van der Waals surface area contributed by atoms with Gasteiger partial charge in [0, 0.05) is 12.2 Å². The molecule has 0 spiro atoms. The third-order valence-electron chi connectivity index (χ3n) is 4.97. The van der Waals surface area contributed by atoms with E-state index in [1.54, 1.807) is 42.7 Å². The molecule has 0 radical (unpaired) electrons. The van der Waals surface area contributed by atoms with Crippen molar-refractivity contribution in [3.05, 3.63) is 64.6 Å². The summed E-state index contributed by atoms with van der Waals surface area (Å²) in [6, 6.07) is 14.1. The highest BCUT2D eigenvalue weighted by molar-refractivity contribution is 5.91. The predicted octanol–water partition coefficient (Wildman–Crippen LogP) is 2.82. The minimum atomic E-state index is -1.02. The molecular weight excluding hydrogens is 358 g/mol. The van der Waals surface area contributed by atoms with Crippen LogP contribution in [0.5, 0.6) is 0 Å². The molecule has 0 aliphatic rings. The van der Waals surface area contributed by atoms with Crippen molar-refractivity contribution in [2.45, 2.75) is 39.3 Å². The number of aryl methyl sites for hydroxylation is 1. The minimum absolute atomic E-state index is 0.102. The van der Waals surface area contributed by atoms with Crippen molar-refractivity contribution in [2.24, 2.45) is 0 Å². The lowest BCUT2D eigenvalue weighted by Crippen LogP contribution is -2.29. The Balaban J connectivity index is 1.80. The minimum Gasteiger partial charge on any atom is -0.481 e. The SMILES string of the molecule is CCn1c(=O)n(CC(=O)Nc2ccc(C(C)(C)C(=O)O)cc2)c2ccccc21. The molecule has 0 bridgehead atoms. The van der Waals surface area contributed by atoms with E-state index in [4.69, 9.17) is 0 Å². The van der Waals surface area contributed by atoms with Gasteiger partial charge in [0.2, 0.25) is 5.91 Å². The summed E-state index contributed by atoms with van der Waals surface area (Å²) in [5.41, 5.74) is 1.45. The molecule has 7 heteroatoms. The van der Waals surface area contributed by atoms with Gasteiger partial charge in [0.15, 0.2) is 0 Å². The van der Waals surface area contributed by atoms with Crippen LogP contribution in [0.2, 0.25) is 0 Å². The van der Waals surface area contributed by atoms with Gasteiger partial charge in [-0.1, -0.05) is 24.3 Å². The molecule has 1 aromatic heterocycles. The smallest absolute Gasteiger partial charge is 0.329 e. The number of fused-ring (bicyclic) bond motifs is 1. The van der Waals surface area contributed by atoms with Crippen LogP contribution in [0, 0.1) is 0 Å². The van der Waals surface area contributed by atoms with Crippen LogP contribution in [0.3, 0.4) is 0 Å². The number of aliphatic carboxylic acids is 1. The van der Waals surface area contributed by atoms with Gasteiger partial charge >= 0.3 is 11.7 Å². The van der Waals surface area contributed by atoms with Crippen molar-refractivity contribution in [1.29, 1.82) is 0 Å². The maximum absolute atomic E-state index is 12.6. The lowest BCUT2D eigenvalue weighted by Gasteiger charge is -2.19. The van der Waals surface area contributed by atoms with E-state index in [9.17, 15) is 19.5 Å².